The topological polar surface area (TPSA) is 93.2 Å². The Balaban J connectivity index is 2.06. The zero-order valence-electron chi connectivity index (χ0n) is 10.5. The van der Waals surface area contributed by atoms with Crippen LogP contribution in [0.1, 0.15) is 11.3 Å². The van der Waals surface area contributed by atoms with Crippen molar-refractivity contribution in [3.63, 3.8) is 0 Å². The summed E-state index contributed by atoms with van der Waals surface area (Å²) in [4.78, 5) is 12.1. The van der Waals surface area contributed by atoms with Crippen LogP contribution >= 0.6 is 0 Å². The lowest BCUT2D eigenvalue weighted by atomic mass is 10.1. The van der Waals surface area contributed by atoms with Crippen molar-refractivity contribution in [2.75, 3.05) is 0 Å². The number of fused-ring (bicyclic) bond motifs is 1. The molecule has 0 aliphatic rings. The second-order valence-corrected chi connectivity index (χ2v) is 4.44. The lowest BCUT2D eigenvalue weighted by molar-refractivity contribution is -0.114. The molecule has 5 heteroatoms. The Labute approximate surface area is 110 Å². The van der Waals surface area contributed by atoms with Gasteiger partial charge in [-0.1, -0.05) is 12.1 Å². The van der Waals surface area contributed by atoms with Gasteiger partial charge in [0.1, 0.15) is 5.82 Å². The zero-order chi connectivity index (χ0) is 13.4. The number of aryl methyl sites for hydroxylation is 1. The highest BCUT2D eigenvalue weighted by Gasteiger charge is 2.07. The first-order valence-corrected chi connectivity index (χ1v) is 5.95. The number of aromatic amines is 1. The van der Waals surface area contributed by atoms with E-state index < -0.39 is 0 Å². The molecule has 0 radical (unpaired) electrons. The molecule has 0 atom stereocenters. The second-order valence-electron chi connectivity index (χ2n) is 4.44. The van der Waals surface area contributed by atoms with Crippen LogP contribution in [0.25, 0.3) is 22.6 Å². The van der Waals surface area contributed by atoms with Crippen LogP contribution in [0.3, 0.4) is 0 Å². The SMILES string of the molecule is Cc1ccc2[nH]c(-c3ccc(C(N)=[NH2+])cc3)nc2n1. The van der Waals surface area contributed by atoms with Gasteiger partial charge in [-0.3, -0.25) is 11.1 Å². The van der Waals surface area contributed by atoms with Crippen molar-refractivity contribution < 1.29 is 5.41 Å². The van der Waals surface area contributed by atoms with Crippen LogP contribution in [-0.4, -0.2) is 20.8 Å². The minimum atomic E-state index is 0.313. The second kappa shape index (κ2) is 4.20. The molecule has 0 unspecified atom stereocenters. The molecule has 1 aromatic carbocycles. The van der Waals surface area contributed by atoms with Gasteiger partial charge in [-0.2, -0.15) is 0 Å². The monoisotopic (exact) mass is 252 g/mol. The highest BCUT2D eigenvalue weighted by Crippen LogP contribution is 2.19. The molecule has 0 aliphatic carbocycles. The van der Waals surface area contributed by atoms with Crippen LogP contribution in [0.15, 0.2) is 36.4 Å². The van der Waals surface area contributed by atoms with Gasteiger partial charge in [0.15, 0.2) is 5.65 Å². The van der Waals surface area contributed by atoms with Gasteiger partial charge < -0.3 is 4.98 Å². The standard InChI is InChI=1S/C14H13N5/c1-8-2-7-11-14(17-8)19-13(18-11)10-5-3-9(4-6-10)12(15)16/h2-7H,1H3,(H3,15,16)(H,17,18,19)/p+1. The molecule has 3 rings (SSSR count). The average Bonchev–Trinajstić information content (AvgIpc) is 2.81. The van der Waals surface area contributed by atoms with Gasteiger partial charge in [-0.05, 0) is 31.2 Å². The fourth-order valence-corrected chi connectivity index (χ4v) is 1.94. The van der Waals surface area contributed by atoms with Crippen LogP contribution in [0.2, 0.25) is 0 Å². The fourth-order valence-electron chi connectivity index (χ4n) is 1.94. The maximum Gasteiger partial charge on any atom is 0.270 e. The molecule has 0 fully saturated rings. The van der Waals surface area contributed by atoms with Gasteiger partial charge in [0.05, 0.1) is 11.1 Å². The van der Waals surface area contributed by atoms with Crippen LogP contribution in [-0.2, 0) is 0 Å². The number of aromatic nitrogens is 3. The molecule has 94 valence electrons. The maximum absolute atomic E-state index is 5.54. The van der Waals surface area contributed by atoms with E-state index in [9.17, 15) is 0 Å². The van der Waals surface area contributed by atoms with Crippen LogP contribution in [0.4, 0.5) is 0 Å². The third kappa shape index (κ3) is 2.06. The van der Waals surface area contributed by atoms with Gasteiger partial charge in [0, 0.05) is 11.3 Å². The minimum Gasteiger partial charge on any atom is -0.337 e. The Morgan fingerprint density at radius 1 is 1.11 bits per heavy atom. The summed E-state index contributed by atoms with van der Waals surface area (Å²) >= 11 is 0. The van der Waals surface area contributed by atoms with Gasteiger partial charge >= 0.3 is 0 Å². The smallest absolute Gasteiger partial charge is 0.270 e. The predicted octanol–water partition coefficient (Wildman–Crippen LogP) is 0.398. The molecular formula is C14H14N5+. The normalized spacial score (nSPS) is 10.8. The van der Waals surface area contributed by atoms with E-state index in [1.54, 1.807) is 0 Å². The fraction of sp³-hybridized carbons (Fsp3) is 0.0714. The Bertz CT molecular complexity index is 755. The Hall–Kier alpha value is -2.69. The van der Waals surface area contributed by atoms with Crippen molar-refractivity contribution in [1.82, 2.24) is 15.0 Å². The molecule has 3 aromatic rings. The number of nitrogens with zero attached hydrogens (tertiary/aromatic N) is 2. The zero-order valence-corrected chi connectivity index (χ0v) is 10.5. The van der Waals surface area contributed by atoms with Crippen molar-refractivity contribution in [2.24, 2.45) is 5.73 Å². The van der Waals surface area contributed by atoms with Crippen LogP contribution in [0, 0.1) is 6.92 Å². The lowest BCUT2D eigenvalue weighted by Gasteiger charge is -1.97. The number of hydrogen-bond donors (Lipinski definition) is 3. The van der Waals surface area contributed by atoms with Crippen LogP contribution < -0.4 is 11.1 Å². The quantitative estimate of drug-likeness (QED) is 0.455. The van der Waals surface area contributed by atoms with Crippen molar-refractivity contribution >= 4 is 17.0 Å². The van der Waals surface area contributed by atoms with E-state index >= 15 is 0 Å². The van der Waals surface area contributed by atoms with E-state index in [-0.39, 0.29) is 0 Å². The van der Waals surface area contributed by atoms with E-state index in [0.29, 0.717) is 5.84 Å². The number of H-pyrrole nitrogens is 1. The lowest BCUT2D eigenvalue weighted by Crippen LogP contribution is -2.46. The summed E-state index contributed by atoms with van der Waals surface area (Å²) in [7, 11) is 0. The third-order valence-corrected chi connectivity index (χ3v) is 2.98. The molecule has 0 aliphatic heterocycles. The minimum absolute atomic E-state index is 0.313. The van der Waals surface area contributed by atoms with Gasteiger partial charge in [-0.25, -0.2) is 9.97 Å². The number of nitrogens with two attached hydrogens (primary N) is 2. The van der Waals surface area contributed by atoms with Crippen molar-refractivity contribution in [3.8, 4) is 11.4 Å². The van der Waals surface area contributed by atoms with E-state index in [2.05, 4.69) is 15.0 Å². The molecule has 0 saturated carbocycles. The summed E-state index contributed by atoms with van der Waals surface area (Å²) in [5.74, 6) is 1.10. The molecule has 0 spiro atoms. The average molecular weight is 252 g/mol. The number of nitrogens with one attached hydrogen (secondary N) is 1. The van der Waals surface area contributed by atoms with Crippen molar-refractivity contribution in [2.45, 2.75) is 6.92 Å². The number of benzene rings is 1. The third-order valence-electron chi connectivity index (χ3n) is 2.98. The summed E-state index contributed by atoms with van der Waals surface area (Å²) in [6, 6.07) is 11.5. The van der Waals surface area contributed by atoms with E-state index in [1.165, 1.54) is 0 Å². The van der Waals surface area contributed by atoms with Gasteiger partial charge in [-0.15, -0.1) is 0 Å². The molecule has 5 N–H and O–H groups in total. The summed E-state index contributed by atoms with van der Waals surface area (Å²) in [5.41, 5.74) is 9.93. The van der Waals surface area contributed by atoms with E-state index in [0.717, 1.165) is 33.8 Å². The number of hydrogen-bond acceptors (Lipinski definition) is 2. The number of rotatable bonds is 2. The molecule has 0 saturated heterocycles. The molecular weight excluding hydrogens is 238 g/mol. The molecule has 19 heavy (non-hydrogen) atoms. The van der Waals surface area contributed by atoms with Crippen molar-refractivity contribution in [1.29, 1.82) is 0 Å². The number of pyridine rings is 1. The molecule has 0 amide bonds. The molecule has 2 heterocycles. The number of imidazole rings is 1. The van der Waals surface area contributed by atoms with E-state index in [1.807, 2.05) is 43.3 Å². The Morgan fingerprint density at radius 2 is 1.84 bits per heavy atom. The maximum atomic E-state index is 5.54. The van der Waals surface area contributed by atoms with Crippen LogP contribution in [0.5, 0.6) is 0 Å². The first-order valence-electron chi connectivity index (χ1n) is 5.95. The molecule has 5 nitrogen and oxygen atoms in total. The molecule has 0 bridgehead atoms. The van der Waals surface area contributed by atoms with Gasteiger partial charge in [0.2, 0.25) is 0 Å². The Morgan fingerprint density at radius 3 is 2.53 bits per heavy atom. The first kappa shape index (κ1) is 11.4. The van der Waals surface area contributed by atoms with E-state index in [4.69, 9.17) is 11.1 Å². The largest absolute Gasteiger partial charge is 0.337 e. The summed E-state index contributed by atoms with van der Waals surface area (Å²) in [5, 5.41) is 5.54. The summed E-state index contributed by atoms with van der Waals surface area (Å²) < 4.78 is 0. The summed E-state index contributed by atoms with van der Waals surface area (Å²) in [6.45, 7) is 1.95. The first-order chi connectivity index (χ1) is 9.13. The Kier molecular flexibility index (Phi) is 2.52. The summed E-state index contributed by atoms with van der Waals surface area (Å²) in [6.07, 6.45) is 0. The highest BCUT2D eigenvalue weighted by atomic mass is 15.0. The molecule has 2 aromatic heterocycles. The highest BCUT2D eigenvalue weighted by molar-refractivity contribution is 5.93. The van der Waals surface area contributed by atoms with Gasteiger partial charge in [0.25, 0.3) is 5.84 Å². The van der Waals surface area contributed by atoms with Crippen molar-refractivity contribution in [3.05, 3.63) is 47.7 Å². The number of amidine groups is 1. The predicted molar refractivity (Wildman–Crippen MR) is 74.3 cm³/mol.